The van der Waals surface area contributed by atoms with Crippen molar-refractivity contribution in [2.24, 2.45) is 0 Å². The van der Waals surface area contributed by atoms with Crippen LogP contribution in [0, 0.1) is 13.8 Å². The third kappa shape index (κ3) is 1.76. The Morgan fingerprint density at radius 1 is 1.24 bits per heavy atom. The van der Waals surface area contributed by atoms with E-state index in [-0.39, 0.29) is 0 Å². The zero-order valence-corrected chi connectivity index (χ0v) is 10.8. The highest BCUT2D eigenvalue weighted by Crippen LogP contribution is 2.26. The Morgan fingerprint density at radius 3 is 2.82 bits per heavy atom. The van der Waals surface area contributed by atoms with E-state index < -0.39 is 0 Å². The molecule has 0 aliphatic carbocycles. The molecule has 0 amide bonds. The summed E-state index contributed by atoms with van der Waals surface area (Å²) in [5.74, 6) is 0. The van der Waals surface area contributed by atoms with Gasteiger partial charge in [0.05, 0.1) is 18.6 Å². The van der Waals surface area contributed by atoms with Crippen LogP contribution in [0.5, 0.6) is 0 Å². The Morgan fingerprint density at radius 2 is 2.06 bits per heavy atom. The number of benzene rings is 1. The number of imidazole rings is 1. The van der Waals surface area contributed by atoms with Crippen LogP contribution in [0.1, 0.15) is 17.0 Å². The van der Waals surface area contributed by atoms with E-state index in [4.69, 9.17) is 0 Å². The number of fused-ring (bicyclic) bond motifs is 1. The van der Waals surface area contributed by atoms with Crippen LogP contribution in [0.25, 0.3) is 10.1 Å². The minimum atomic E-state index is 0.913. The topological polar surface area (TPSA) is 17.8 Å². The summed E-state index contributed by atoms with van der Waals surface area (Å²) in [6, 6.07) is 8.57. The average molecular weight is 242 g/mol. The van der Waals surface area contributed by atoms with E-state index in [1.165, 1.54) is 21.3 Å². The zero-order chi connectivity index (χ0) is 11.8. The van der Waals surface area contributed by atoms with E-state index in [1.54, 1.807) is 0 Å². The molecule has 2 aromatic heterocycles. The van der Waals surface area contributed by atoms with Gasteiger partial charge in [-0.3, -0.25) is 0 Å². The van der Waals surface area contributed by atoms with E-state index >= 15 is 0 Å². The van der Waals surface area contributed by atoms with Crippen molar-refractivity contribution < 1.29 is 0 Å². The van der Waals surface area contributed by atoms with Crippen molar-refractivity contribution in [2.75, 3.05) is 0 Å². The summed E-state index contributed by atoms with van der Waals surface area (Å²) in [5, 5.41) is 3.61. The molecule has 86 valence electrons. The maximum atomic E-state index is 4.34. The largest absolute Gasteiger partial charge is 0.330 e. The van der Waals surface area contributed by atoms with Gasteiger partial charge in [-0.25, -0.2) is 4.98 Å². The van der Waals surface area contributed by atoms with Gasteiger partial charge in [-0.05, 0) is 36.2 Å². The lowest BCUT2D eigenvalue weighted by atomic mass is 10.2. The number of hydrogen-bond donors (Lipinski definition) is 0. The molecule has 0 N–H and O–H groups in total. The van der Waals surface area contributed by atoms with E-state index in [1.807, 2.05) is 17.7 Å². The normalized spacial score (nSPS) is 11.2. The molecule has 0 saturated heterocycles. The van der Waals surface area contributed by atoms with Crippen molar-refractivity contribution in [3.8, 4) is 0 Å². The van der Waals surface area contributed by atoms with Crippen LogP contribution < -0.4 is 0 Å². The van der Waals surface area contributed by atoms with Gasteiger partial charge in [-0.2, -0.15) is 0 Å². The summed E-state index contributed by atoms with van der Waals surface area (Å²) in [5.41, 5.74) is 3.75. The Bertz CT molecular complexity index is 664. The van der Waals surface area contributed by atoms with Crippen molar-refractivity contribution >= 4 is 21.4 Å². The van der Waals surface area contributed by atoms with Gasteiger partial charge in [0.15, 0.2) is 0 Å². The van der Waals surface area contributed by atoms with Gasteiger partial charge < -0.3 is 4.57 Å². The molecular weight excluding hydrogens is 228 g/mol. The molecule has 0 aliphatic rings. The van der Waals surface area contributed by atoms with Crippen molar-refractivity contribution in [2.45, 2.75) is 20.4 Å². The number of rotatable bonds is 2. The second-order valence-electron chi connectivity index (χ2n) is 4.30. The van der Waals surface area contributed by atoms with Crippen LogP contribution >= 0.6 is 11.3 Å². The minimum absolute atomic E-state index is 0.913. The van der Waals surface area contributed by atoms with E-state index in [2.05, 4.69) is 53.0 Å². The predicted octanol–water partition coefficient (Wildman–Crippen LogP) is 3.76. The highest BCUT2D eigenvalue weighted by atomic mass is 32.1. The Kier molecular flexibility index (Phi) is 2.48. The molecule has 3 rings (SSSR count). The molecule has 0 fully saturated rings. The van der Waals surface area contributed by atoms with Crippen molar-refractivity contribution in [1.29, 1.82) is 0 Å². The molecule has 0 spiro atoms. The number of aryl methyl sites for hydroxylation is 1. The molecule has 2 nitrogen and oxygen atoms in total. The van der Waals surface area contributed by atoms with E-state index in [0.717, 1.165) is 12.2 Å². The first-order valence-electron chi connectivity index (χ1n) is 5.69. The second-order valence-corrected chi connectivity index (χ2v) is 5.21. The summed E-state index contributed by atoms with van der Waals surface area (Å²) in [6.07, 6.45) is 1.93. The third-order valence-corrected chi connectivity index (χ3v) is 4.26. The van der Waals surface area contributed by atoms with Gasteiger partial charge in [0.1, 0.15) is 0 Å². The summed E-state index contributed by atoms with van der Waals surface area (Å²) in [7, 11) is 0. The molecule has 0 aliphatic heterocycles. The second kappa shape index (κ2) is 4.00. The van der Waals surface area contributed by atoms with Gasteiger partial charge in [-0.15, -0.1) is 11.3 Å². The first kappa shape index (κ1) is 10.5. The molecule has 2 heterocycles. The molecule has 0 radical (unpaired) electrons. The number of nitrogens with zero attached hydrogens (tertiary/aromatic N) is 2. The number of thiophene rings is 1. The predicted molar refractivity (Wildman–Crippen MR) is 72.6 cm³/mol. The van der Waals surface area contributed by atoms with Gasteiger partial charge in [0.2, 0.25) is 0 Å². The fourth-order valence-corrected chi connectivity index (χ4v) is 3.00. The Hall–Kier alpha value is -1.61. The number of aromatic nitrogens is 2. The maximum absolute atomic E-state index is 4.34. The third-order valence-electron chi connectivity index (χ3n) is 3.25. The van der Waals surface area contributed by atoms with Crippen LogP contribution in [-0.2, 0) is 6.54 Å². The molecule has 0 saturated carbocycles. The molecule has 0 bridgehead atoms. The SMILES string of the molecule is Cc1ncn(Cc2csc3ccccc23)c1C. The van der Waals surface area contributed by atoms with Crippen molar-refractivity contribution in [3.63, 3.8) is 0 Å². The Labute approximate surface area is 105 Å². The monoisotopic (exact) mass is 242 g/mol. The zero-order valence-electron chi connectivity index (χ0n) is 9.97. The van der Waals surface area contributed by atoms with Crippen molar-refractivity contribution in [3.05, 3.63) is 52.9 Å². The van der Waals surface area contributed by atoms with Gasteiger partial charge in [0.25, 0.3) is 0 Å². The van der Waals surface area contributed by atoms with Crippen LogP contribution in [0.3, 0.4) is 0 Å². The van der Waals surface area contributed by atoms with E-state index in [9.17, 15) is 0 Å². The molecule has 3 aromatic rings. The highest BCUT2D eigenvalue weighted by Gasteiger charge is 2.06. The quantitative estimate of drug-likeness (QED) is 0.669. The van der Waals surface area contributed by atoms with Gasteiger partial charge >= 0.3 is 0 Å². The lowest BCUT2D eigenvalue weighted by Crippen LogP contribution is -1.99. The lowest BCUT2D eigenvalue weighted by molar-refractivity contribution is 0.775. The summed E-state index contributed by atoms with van der Waals surface area (Å²) in [6.45, 7) is 5.09. The van der Waals surface area contributed by atoms with E-state index in [0.29, 0.717) is 0 Å². The maximum Gasteiger partial charge on any atom is 0.0954 e. The first-order chi connectivity index (χ1) is 8.25. The fourth-order valence-electron chi connectivity index (χ4n) is 2.04. The summed E-state index contributed by atoms with van der Waals surface area (Å²) >= 11 is 1.81. The summed E-state index contributed by atoms with van der Waals surface area (Å²) < 4.78 is 3.57. The molecule has 17 heavy (non-hydrogen) atoms. The molecular formula is C14H14N2S. The van der Waals surface area contributed by atoms with Crippen LogP contribution in [0.4, 0.5) is 0 Å². The van der Waals surface area contributed by atoms with Crippen LogP contribution in [0.2, 0.25) is 0 Å². The van der Waals surface area contributed by atoms with Gasteiger partial charge in [0, 0.05) is 10.4 Å². The lowest BCUT2D eigenvalue weighted by Gasteiger charge is -2.04. The molecule has 0 atom stereocenters. The molecule has 1 aromatic carbocycles. The Balaban J connectivity index is 2.03. The molecule has 0 unspecified atom stereocenters. The smallest absolute Gasteiger partial charge is 0.0954 e. The molecule has 3 heteroatoms. The first-order valence-corrected chi connectivity index (χ1v) is 6.57. The van der Waals surface area contributed by atoms with Crippen LogP contribution in [0.15, 0.2) is 36.0 Å². The standard InChI is InChI=1S/C14H14N2S/c1-10-11(2)16(9-15-10)7-12-8-17-14-6-4-3-5-13(12)14/h3-6,8-9H,7H2,1-2H3. The average Bonchev–Trinajstić information content (AvgIpc) is 2.89. The fraction of sp³-hybridized carbons (Fsp3) is 0.214. The highest BCUT2D eigenvalue weighted by molar-refractivity contribution is 7.17. The summed E-state index contributed by atoms with van der Waals surface area (Å²) in [4.78, 5) is 4.34. The number of hydrogen-bond acceptors (Lipinski definition) is 2. The minimum Gasteiger partial charge on any atom is -0.330 e. The van der Waals surface area contributed by atoms with Crippen LogP contribution in [-0.4, -0.2) is 9.55 Å². The van der Waals surface area contributed by atoms with Crippen molar-refractivity contribution in [1.82, 2.24) is 9.55 Å². The van der Waals surface area contributed by atoms with Gasteiger partial charge in [-0.1, -0.05) is 18.2 Å².